The molecule has 0 fully saturated rings. The molecule has 13 heteroatoms. The molecule has 234 valence electrons. The molecule has 0 aliphatic rings. The van der Waals surface area contributed by atoms with Gasteiger partial charge in [-0.05, 0) is 52.3 Å². The van der Waals surface area contributed by atoms with Crippen LogP contribution in [0.25, 0.3) is 5.76 Å². The highest BCUT2D eigenvalue weighted by atomic mass is 19.4. The Hall–Kier alpha value is -4.55. The number of rotatable bonds is 11. The first-order chi connectivity index (χ1) is 20.0. The molecular formula is C30H36F3N3O7. The Morgan fingerprint density at radius 3 is 1.98 bits per heavy atom. The SMILES string of the molecule is COC(=O)[C@H](C)NC(=O)[C@H](Cc1ccc(O/C(=C\C(F)(F)F)c2ccccc2)cc1)NC(=O)[C@H](C)NC(=O)OC(C)(C)C. The van der Waals surface area contributed by atoms with Gasteiger partial charge in [-0.2, -0.15) is 13.2 Å². The fraction of sp³-hybridized carbons (Fsp3) is 0.400. The number of methoxy groups -OCH3 is 1. The Morgan fingerprint density at radius 2 is 1.44 bits per heavy atom. The first-order valence-electron chi connectivity index (χ1n) is 13.3. The summed E-state index contributed by atoms with van der Waals surface area (Å²) in [5, 5.41) is 7.40. The van der Waals surface area contributed by atoms with Crippen LogP contribution in [0.1, 0.15) is 45.7 Å². The predicted molar refractivity (Wildman–Crippen MR) is 152 cm³/mol. The van der Waals surface area contributed by atoms with Gasteiger partial charge in [0.15, 0.2) is 0 Å². The van der Waals surface area contributed by atoms with E-state index >= 15 is 0 Å². The van der Waals surface area contributed by atoms with Crippen molar-refractivity contribution in [2.75, 3.05) is 7.11 Å². The van der Waals surface area contributed by atoms with Crippen molar-refractivity contribution >= 4 is 29.6 Å². The van der Waals surface area contributed by atoms with E-state index in [1.54, 1.807) is 39.0 Å². The number of amides is 3. The van der Waals surface area contributed by atoms with E-state index in [4.69, 9.17) is 9.47 Å². The number of ether oxygens (including phenoxy) is 3. The molecule has 3 N–H and O–H groups in total. The van der Waals surface area contributed by atoms with Gasteiger partial charge in [-0.1, -0.05) is 42.5 Å². The van der Waals surface area contributed by atoms with E-state index in [1.165, 1.54) is 50.2 Å². The van der Waals surface area contributed by atoms with Gasteiger partial charge in [-0.3, -0.25) is 9.59 Å². The Kier molecular flexibility index (Phi) is 12.1. The second kappa shape index (κ2) is 15.1. The summed E-state index contributed by atoms with van der Waals surface area (Å²) in [7, 11) is 1.16. The average molecular weight is 608 g/mol. The van der Waals surface area contributed by atoms with Crippen LogP contribution in [-0.2, 0) is 30.3 Å². The smallest absolute Gasteiger partial charge is 0.413 e. The fourth-order valence-electron chi connectivity index (χ4n) is 3.58. The van der Waals surface area contributed by atoms with Crippen LogP contribution in [0.2, 0.25) is 0 Å². The van der Waals surface area contributed by atoms with Gasteiger partial charge in [0.2, 0.25) is 11.8 Å². The maximum absolute atomic E-state index is 13.2. The molecule has 0 radical (unpaired) electrons. The number of esters is 1. The summed E-state index contributed by atoms with van der Waals surface area (Å²) < 4.78 is 54.8. The number of halogens is 3. The Bertz CT molecular complexity index is 1290. The van der Waals surface area contributed by atoms with Crippen molar-refractivity contribution in [3.8, 4) is 5.75 Å². The standard InChI is InChI=1S/C30H36F3N3O7/c1-18(35-28(40)43-29(3,4)5)25(37)36-23(26(38)34-19(2)27(39)41-6)16-20-12-14-22(15-13-20)42-24(17-30(31,32)33)21-10-8-7-9-11-21/h7-15,17-19,23H,16H2,1-6H3,(H,34,38)(H,35,40)(H,36,37)/b24-17-/t18-,19-,23-/m0/s1. The molecule has 0 aromatic heterocycles. The zero-order chi connectivity index (χ0) is 32.4. The molecule has 43 heavy (non-hydrogen) atoms. The van der Waals surface area contributed by atoms with Crippen LogP contribution < -0.4 is 20.7 Å². The van der Waals surface area contributed by atoms with Crippen LogP contribution in [0.4, 0.5) is 18.0 Å². The maximum atomic E-state index is 13.2. The largest absolute Gasteiger partial charge is 0.467 e. The molecule has 3 atom stereocenters. The van der Waals surface area contributed by atoms with Crippen molar-refractivity contribution < 1.29 is 46.6 Å². The second-order valence-corrected chi connectivity index (χ2v) is 10.5. The van der Waals surface area contributed by atoms with E-state index in [9.17, 15) is 32.3 Å². The minimum atomic E-state index is -4.62. The molecule has 0 aliphatic carbocycles. The first kappa shape index (κ1) is 34.7. The first-order valence-corrected chi connectivity index (χ1v) is 13.3. The molecule has 0 spiro atoms. The Balaban J connectivity index is 2.23. The van der Waals surface area contributed by atoms with E-state index in [2.05, 4.69) is 20.7 Å². The van der Waals surface area contributed by atoms with E-state index in [1.807, 2.05) is 0 Å². The normalized spacial score (nSPS) is 14.0. The van der Waals surface area contributed by atoms with Crippen LogP contribution in [0, 0.1) is 0 Å². The topological polar surface area (TPSA) is 132 Å². The molecule has 3 amide bonds. The molecule has 0 heterocycles. The maximum Gasteiger partial charge on any atom is 0.413 e. The molecule has 0 aliphatic heterocycles. The number of carbonyl (C=O) groups is 4. The van der Waals surface area contributed by atoms with Crippen LogP contribution >= 0.6 is 0 Å². The molecule has 0 saturated carbocycles. The molecule has 2 aromatic rings. The minimum Gasteiger partial charge on any atom is -0.467 e. The summed E-state index contributed by atoms with van der Waals surface area (Å²) in [4.78, 5) is 49.9. The lowest BCUT2D eigenvalue weighted by atomic mass is 10.0. The zero-order valence-electron chi connectivity index (χ0n) is 24.7. The van der Waals surface area contributed by atoms with Crippen LogP contribution in [0.5, 0.6) is 5.75 Å². The van der Waals surface area contributed by atoms with Gasteiger partial charge in [0.25, 0.3) is 0 Å². The second-order valence-electron chi connectivity index (χ2n) is 10.5. The lowest BCUT2D eigenvalue weighted by Gasteiger charge is -2.24. The highest BCUT2D eigenvalue weighted by Gasteiger charge is 2.29. The predicted octanol–water partition coefficient (Wildman–Crippen LogP) is 4.29. The molecule has 2 rings (SSSR count). The Labute approximate surface area is 248 Å². The molecular weight excluding hydrogens is 571 g/mol. The van der Waals surface area contributed by atoms with Crippen molar-refractivity contribution in [2.24, 2.45) is 0 Å². The summed E-state index contributed by atoms with van der Waals surface area (Å²) in [6.45, 7) is 7.78. The lowest BCUT2D eigenvalue weighted by Crippen LogP contribution is -2.55. The molecule has 0 unspecified atom stereocenters. The summed E-state index contributed by atoms with van der Waals surface area (Å²) in [6.07, 6.45) is -5.48. The molecule has 0 saturated heterocycles. The minimum absolute atomic E-state index is 0.0566. The summed E-state index contributed by atoms with van der Waals surface area (Å²) in [6, 6.07) is 10.3. The van der Waals surface area contributed by atoms with Crippen molar-refractivity contribution in [2.45, 2.75) is 70.9 Å². The van der Waals surface area contributed by atoms with Gasteiger partial charge in [-0.25, -0.2) is 9.59 Å². The average Bonchev–Trinajstić information content (AvgIpc) is 2.91. The van der Waals surface area contributed by atoms with Gasteiger partial charge >= 0.3 is 18.2 Å². The number of nitrogens with one attached hydrogen (secondary N) is 3. The number of alkyl halides is 3. The van der Waals surface area contributed by atoms with E-state index in [-0.39, 0.29) is 23.8 Å². The molecule has 2 aromatic carbocycles. The van der Waals surface area contributed by atoms with Gasteiger partial charge in [0.05, 0.1) is 13.2 Å². The van der Waals surface area contributed by atoms with E-state index < -0.39 is 59.5 Å². The van der Waals surface area contributed by atoms with Crippen LogP contribution in [0.15, 0.2) is 60.7 Å². The fourth-order valence-corrected chi connectivity index (χ4v) is 3.58. The summed E-state index contributed by atoms with van der Waals surface area (Å²) in [5.74, 6) is -2.44. The van der Waals surface area contributed by atoms with Crippen LogP contribution in [-0.4, -0.2) is 60.9 Å². The summed E-state index contributed by atoms with van der Waals surface area (Å²) >= 11 is 0. The van der Waals surface area contributed by atoms with Crippen molar-refractivity contribution in [3.05, 3.63) is 71.8 Å². The highest BCUT2D eigenvalue weighted by molar-refractivity contribution is 5.93. The van der Waals surface area contributed by atoms with Gasteiger partial charge in [0.1, 0.15) is 35.2 Å². The third-order valence-corrected chi connectivity index (χ3v) is 5.62. The van der Waals surface area contributed by atoms with Gasteiger partial charge in [-0.15, -0.1) is 0 Å². The third kappa shape index (κ3) is 12.5. The molecule has 10 nitrogen and oxygen atoms in total. The van der Waals surface area contributed by atoms with Gasteiger partial charge in [0, 0.05) is 12.0 Å². The van der Waals surface area contributed by atoms with E-state index in [0.29, 0.717) is 5.56 Å². The highest BCUT2D eigenvalue weighted by Crippen LogP contribution is 2.27. The van der Waals surface area contributed by atoms with Crippen LogP contribution in [0.3, 0.4) is 0 Å². The van der Waals surface area contributed by atoms with Crippen molar-refractivity contribution in [1.29, 1.82) is 0 Å². The quantitative estimate of drug-likeness (QED) is 0.257. The lowest BCUT2D eigenvalue weighted by molar-refractivity contribution is -0.144. The number of hydrogen-bond acceptors (Lipinski definition) is 7. The Morgan fingerprint density at radius 1 is 0.837 bits per heavy atom. The number of allylic oxidation sites excluding steroid dienone is 1. The molecule has 0 bridgehead atoms. The number of carbonyl (C=O) groups excluding carboxylic acids is 4. The monoisotopic (exact) mass is 607 g/mol. The zero-order valence-corrected chi connectivity index (χ0v) is 24.7. The number of hydrogen-bond donors (Lipinski definition) is 3. The van der Waals surface area contributed by atoms with Gasteiger partial charge < -0.3 is 30.2 Å². The third-order valence-electron chi connectivity index (χ3n) is 5.62. The van der Waals surface area contributed by atoms with Crippen molar-refractivity contribution in [3.63, 3.8) is 0 Å². The van der Waals surface area contributed by atoms with E-state index in [0.717, 1.165) is 7.11 Å². The summed E-state index contributed by atoms with van der Waals surface area (Å²) in [5.41, 5.74) is -0.0722. The van der Waals surface area contributed by atoms with Crippen molar-refractivity contribution in [1.82, 2.24) is 16.0 Å². The number of benzene rings is 2. The number of alkyl carbamates (subject to hydrolysis) is 1.